The molecule has 0 fully saturated rings. The smallest absolute Gasteiger partial charge is 0.0462 e. The number of ether oxygens (including phenoxy) is 1. The highest BCUT2D eigenvalue weighted by Crippen LogP contribution is 2.28. The van der Waals surface area contributed by atoms with Gasteiger partial charge in [-0.05, 0) is 53.7 Å². The number of thiophene rings is 1. The molecule has 1 rings (SSSR count). The first-order valence-corrected chi connectivity index (χ1v) is 6.88. The van der Waals surface area contributed by atoms with Gasteiger partial charge in [-0.25, -0.2) is 0 Å². The number of rotatable bonds is 7. The lowest BCUT2D eigenvalue weighted by Crippen LogP contribution is -2.19. The lowest BCUT2D eigenvalue weighted by Gasteiger charge is -2.12. The summed E-state index contributed by atoms with van der Waals surface area (Å²) in [5.74, 6) is 0. The van der Waals surface area contributed by atoms with Gasteiger partial charge in [0.25, 0.3) is 0 Å². The molecule has 0 aliphatic rings. The van der Waals surface area contributed by atoms with E-state index in [4.69, 9.17) is 4.74 Å². The molecule has 0 bridgehead atoms. The minimum absolute atomic E-state index is 0.432. The summed E-state index contributed by atoms with van der Waals surface area (Å²) in [6.07, 6.45) is 2.29. The van der Waals surface area contributed by atoms with Crippen molar-refractivity contribution in [2.75, 3.05) is 20.3 Å². The molecule has 0 aromatic carbocycles. The lowest BCUT2D eigenvalue weighted by atomic mass is 10.2. The fourth-order valence-corrected chi connectivity index (χ4v) is 3.15. The van der Waals surface area contributed by atoms with Crippen molar-refractivity contribution in [3.05, 3.63) is 20.8 Å². The fourth-order valence-electron chi connectivity index (χ4n) is 1.40. The molecule has 15 heavy (non-hydrogen) atoms. The number of hydrogen-bond donors (Lipinski definition) is 1. The third-order valence-electron chi connectivity index (χ3n) is 2.26. The van der Waals surface area contributed by atoms with Crippen molar-refractivity contribution in [2.45, 2.75) is 25.8 Å². The first-order chi connectivity index (χ1) is 7.25. The molecule has 0 amide bonds. The van der Waals surface area contributed by atoms with Gasteiger partial charge >= 0.3 is 0 Å². The summed E-state index contributed by atoms with van der Waals surface area (Å²) < 4.78 is 6.22. The van der Waals surface area contributed by atoms with Crippen LogP contribution in [-0.2, 0) is 4.74 Å². The number of nitrogens with one attached hydrogen (secondary N) is 1. The summed E-state index contributed by atoms with van der Waals surface area (Å²) in [5, 5.41) is 5.62. The molecule has 4 heteroatoms. The van der Waals surface area contributed by atoms with Crippen LogP contribution < -0.4 is 5.32 Å². The Morgan fingerprint density at radius 2 is 2.33 bits per heavy atom. The van der Waals surface area contributed by atoms with Crippen molar-refractivity contribution >= 4 is 27.3 Å². The number of halogens is 1. The lowest BCUT2D eigenvalue weighted by molar-refractivity contribution is 0.192. The van der Waals surface area contributed by atoms with Crippen molar-refractivity contribution < 1.29 is 4.74 Å². The maximum Gasteiger partial charge on any atom is 0.0462 e. The van der Waals surface area contributed by atoms with Crippen molar-refractivity contribution in [2.24, 2.45) is 0 Å². The third kappa shape index (κ3) is 4.64. The maximum absolute atomic E-state index is 5.01. The summed E-state index contributed by atoms with van der Waals surface area (Å²) in [6.45, 7) is 4.11. The van der Waals surface area contributed by atoms with E-state index in [9.17, 15) is 0 Å². The van der Waals surface area contributed by atoms with Crippen LogP contribution in [0.4, 0.5) is 0 Å². The van der Waals surface area contributed by atoms with E-state index in [-0.39, 0.29) is 0 Å². The van der Waals surface area contributed by atoms with Gasteiger partial charge in [-0.2, -0.15) is 0 Å². The molecule has 1 heterocycles. The molecule has 1 N–H and O–H groups in total. The predicted octanol–water partition coefficient (Wildman–Crippen LogP) is 3.59. The van der Waals surface area contributed by atoms with Crippen molar-refractivity contribution in [1.82, 2.24) is 5.32 Å². The monoisotopic (exact) mass is 291 g/mol. The zero-order valence-corrected chi connectivity index (χ0v) is 11.7. The van der Waals surface area contributed by atoms with E-state index in [0.717, 1.165) is 19.6 Å². The molecule has 0 radical (unpaired) electrons. The highest BCUT2D eigenvalue weighted by molar-refractivity contribution is 9.10. The molecule has 0 saturated heterocycles. The predicted molar refractivity (Wildman–Crippen MR) is 69.5 cm³/mol. The van der Waals surface area contributed by atoms with E-state index in [1.165, 1.54) is 15.8 Å². The molecular formula is C11H18BrNOS. The van der Waals surface area contributed by atoms with Gasteiger partial charge in [0.15, 0.2) is 0 Å². The van der Waals surface area contributed by atoms with Crippen molar-refractivity contribution in [3.8, 4) is 0 Å². The van der Waals surface area contributed by atoms with Crippen LogP contribution in [0.2, 0.25) is 0 Å². The SMILES string of the molecule is COCCCCNC(C)c1sccc1Br. The molecule has 2 nitrogen and oxygen atoms in total. The highest BCUT2D eigenvalue weighted by Gasteiger charge is 2.09. The van der Waals surface area contributed by atoms with Crippen LogP contribution in [0, 0.1) is 0 Å². The summed E-state index contributed by atoms with van der Waals surface area (Å²) in [6, 6.07) is 2.53. The van der Waals surface area contributed by atoms with Crippen LogP contribution >= 0.6 is 27.3 Å². The van der Waals surface area contributed by atoms with Crippen LogP contribution in [0.15, 0.2) is 15.9 Å². The van der Waals surface area contributed by atoms with Crippen molar-refractivity contribution in [1.29, 1.82) is 0 Å². The minimum atomic E-state index is 0.432. The van der Waals surface area contributed by atoms with Gasteiger partial charge in [0.2, 0.25) is 0 Å². The second-order valence-corrected chi connectivity index (χ2v) is 5.31. The van der Waals surface area contributed by atoms with Gasteiger partial charge in [-0.1, -0.05) is 0 Å². The van der Waals surface area contributed by atoms with Crippen LogP contribution in [-0.4, -0.2) is 20.3 Å². The van der Waals surface area contributed by atoms with Crippen LogP contribution in [0.25, 0.3) is 0 Å². The normalized spacial score (nSPS) is 13.0. The van der Waals surface area contributed by atoms with E-state index in [2.05, 4.69) is 39.6 Å². The van der Waals surface area contributed by atoms with Gasteiger partial charge in [0.05, 0.1) is 0 Å². The topological polar surface area (TPSA) is 21.3 Å². The maximum atomic E-state index is 5.01. The third-order valence-corrected chi connectivity index (χ3v) is 4.32. The Balaban J connectivity index is 2.19. The number of methoxy groups -OCH3 is 1. The standard InChI is InChI=1S/C11H18BrNOS/c1-9(11-10(12)5-8-15-11)13-6-3-4-7-14-2/h5,8-9,13H,3-4,6-7H2,1-2H3. The average Bonchev–Trinajstić information content (AvgIpc) is 2.64. The Hall–Kier alpha value is 0.100. The van der Waals surface area contributed by atoms with Gasteiger partial charge in [0, 0.05) is 29.1 Å². The van der Waals surface area contributed by atoms with E-state index in [1.807, 2.05) is 0 Å². The summed E-state index contributed by atoms with van der Waals surface area (Å²) in [7, 11) is 1.75. The summed E-state index contributed by atoms with van der Waals surface area (Å²) >= 11 is 5.34. The molecule has 0 aliphatic carbocycles. The largest absolute Gasteiger partial charge is 0.385 e. The van der Waals surface area contributed by atoms with Gasteiger partial charge in [-0.3, -0.25) is 0 Å². The molecule has 1 aromatic heterocycles. The second-order valence-electron chi connectivity index (χ2n) is 3.51. The molecule has 1 aromatic rings. The van der Waals surface area contributed by atoms with Crippen LogP contribution in [0.5, 0.6) is 0 Å². The minimum Gasteiger partial charge on any atom is -0.385 e. The molecule has 1 atom stereocenters. The number of hydrogen-bond acceptors (Lipinski definition) is 3. The Morgan fingerprint density at radius 3 is 2.93 bits per heavy atom. The van der Waals surface area contributed by atoms with Crippen LogP contribution in [0.3, 0.4) is 0 Å². The summed E-state index contributed by atoms with van der Waals surface area (Å²) in [5.41, 5.74) is 0. The van der Waals surface area contributed by atoms with Gasteiger partial charge < -0.3 is 10.1 Å². The van der Waals surface area contributed by atoms with Crippen molar-refractivity contribution in [3.63, 3.8) is 0 Å². The Labute approximate surface area is 104 Å². The van der Waals surface area contributed by atoms with E-state index in [1.54, 1.807) is 18.4 Å². The molecule has 0 aliphatic heterocycles. The molecule has 0 saturated carbocycles. The van der Waals surface area contributed by atoms with Crippen LogP contribution in [0.1, 0.15) is 30.7 Å². The fraction of sp³-hybridized carbons (Fsp3) is 0.636. The Bertz CT molecular complexity index is 277. The first kappa shape index (κ1) is 13.2. The summed E-state index contributed by atoms with van der Waals surface area (Å²) in [4.78, 5) is 1.38. The molecule has 0 spiro atoms. The van der Waals surface area contributed by atoms with E-state index >= 15 is 0 Å². The molecule has 86 valence electrons. The second kappa shape index (κ2) is 7.39. The molecular weight excluding hydrogens is 274 g/mol. The Morgan fingerprint density at radius 1 is 1.53 bits per heavy atom. The highest BCUT2D eigenvalue weighted by atomic mass is 79.9. The zero-order valence-electron chi connectivity index (χ0n) is 9.25. The quantitative estimate of drug-likeness (QED) is 0.775. The van der Waals surface area contributed by atoms with E-state index in [0.29, 0.717) is 6.04 Å². The average molecular weight is 292 g/mol. The number of unbranched alkanes of at least 4 members (excludes halogenated alkanes) is 1. The first-order valence-electron chi connectivity index (χ1n) is 5.21. The van der Waals surface area contributed by atoms with Gasteiger partial charge in [-0.15, -0.1) is 11.3 Å². The van der Waals surface area contributed by atoms with Gasteiger partial charge in [0.1, 0.15) is 0 Å². The molecule has 1 unspecified atom stereocenters. The van der Waals surface area contributed by atoms with E-state index < -0.39 is 0 Å². The zero-order chi connectivity index (χ0) is 11.1. The Kier molecular flexibility index (Phi) is 6.48.